The summed E-state index contributed by atoms with van der Waals surface area (Å²) < 4.78 is 66.1. The first kappa shape index (κ1) is 19.8. The molecule has 0 rings (SSSR count). The van der Waals surface area contributed by atoms with Gasteiger partial charge in [-0.05, 0) is 0 Å². The minimum atomic E-state index is -5.42. The van der Waals surface area contributed by atoms with E-state index in [2.05, 4.69) is 8.37 Å². The van der Waals surface area contributed by atoms with Gasteiger partial charge in [-0.15, -0.1) is 0 Å². The van der Waals surface area contributed by atoms with Crippen LogP contribution in [0.25, 0.3) is 0 Å². The Hall–Kier alpha value is -1.20. The highest BCUT2D eigenvalue weighted by atomic mass is 32.3. The second kappa shape index (κ2) is 7.18. The van der Waals surface area contributed by atoms with Gasteiger partial charge in [0.05, 0.1) is 0 Å². The van der Waals surface area contributed by atoms with Crippen LogP contribution in [0, 0.1) is 0 Å². The van der Waals surface area contributed by atoms with Crippen molar-refractivity contribution < 1.29 is 59.2 Å². The van der Waals surface area contributed by atoms with E-state index < -0.39 is 57.5 Å². The number of hydrogen-bond donors (Lipinski definition) is 5. The highest BCUT2D eigenvalue weighted by Gasteiger charge is 2.42. The highest BCUT2D eigenvalue weighted by Crippen LogP contribution is 2.15. The lowest BCUT2D eigenvalue weighted by molar-refractivity contribution is -0.161. The highest BCUT2D eigenvalue weighted by molar-refractivity contribution is 7.81. The molecule has 124 valence electrons. The van der Waals surface area contributed by atoms with E-state index in [1.165, 1.54) is 0 Å². The summed E-state index contributed by atoms with van der Waals surface area (Å²) in [4.78, 5) is 21.0. The van der Waals surface area contributed by atoms with E-state index in [1.54, 1.807) is 0 Å². The van der Waals surface area contributed by atoms with Crippen molar-refractivity contribution in [3.63, 3.8) is 0 Å². The summed E-state index contributed by atoms with van der Waals surface area (Å²) in [7, 11) is -10.8. The summed E-state index contributed by atoms with van der Waals surface area (Å²) in [6.07, 6.45) is -11.2. The fourth-order valence-corrected chi connectivity index (χ4v) is 2.01. The van der Waals surface area contributed by atoms with E-state index in [1.807, 2.05) is 0 Å². The molecule has 0 spiro atoms. The molecule has 0 fully saturated rings. The molecule has 4 atom stereocenters. The van der Waals surface area contributed by atoms with Crippen molar-refractivity contribution in [3.05, 3.63) is 0 Å². The second-order valence-electron chi connectivity index (χ2n) is 3.39. The molecule has 0 heterocycles. The van der Waals surface area contributed by atoms with Crippen molar-refractivity contribution in [1.29, 1.82) is 0 Å². The van der Waals surface area contributed by atoms with Crippen LogP contribution in [0.1, 0.15) is 0 Å². The zero-order valence-corrected chi connectivity index (χ0v) is 11.3. The van der Waals surface area contributed by atoms with Gasteiger partial charge in [0, 0.05) is 0 Å². The Labute approximate surface area is 117 Å². The number of aliphatic hydroxyl groups is 2. The molecule has 0 aromatic carbocycles. The number of rotatable bonds is 9. The van der Waals surface area contributed by atoms with Crippen LogP contribution in [0.5, 0.6) is 0 Å². The molecular weight excluding hydrogens is 344 g/mol. The molecule has 0 saturated heterocycles. The first-order valence-corrected chi connectivity index (χ1v) is 7.37. The van der Waals surface area contributed by atoms with E-state index in [9.17, 15) is 31.5 Å². The molecule has 0 aliphatic carbocycles. The maximum absolute atomic E-state index is 10.6. The molecule has 0 aliphatic rings. The Morgan fingerprint density at radius 2 is 1.43 bits per heavy atom. The number of hydrogen-bond acceptors (Lipinski definition) is 10. The molecule has 0 amide bonds. The minimum absolute atomic E-state index is 0.485. The van der Waals surface area contributed by atoms with Gasteiger partial charge >= 0.3 is 26.8 Å². The molecule has 15 heteroatoms. The smallest absolute Gasteiger partial charge is 0.398 e. The number of carboxylic acid groups (broad SMARTS) is 1. The van der Waals surface area contributed by atoms with E-state index in [-0.39, 0.29) is 0 Å². The standard InChI is InChI=1S/C6H10O13S2/c7-1-2(18-20(12,13)14)5(19-21(15,16)17)3(8)4(9)6(10)11/h1-5,8-9H,(H,10,11)(H,12,13,14)(H,15,16,17)/t2-,3+,4-,5+/m0/s1. The second-order valence-corrected chi connectivity index (χ2v) is 5.48. The number of aliphatic carboxylic acids is 1. The average molecular weight is 354 g/mol. The molecule has 0 unspecified atom stereocenters. The third kappa shape index (κ3) is 7.39. The Balaban J connectivity index is 5.57. The van der Waals surface area contributed by atoms with Crippen molar-refractivity contribution >= 4 is 33.1 Å². The maximum atomic E-state index is 10.6. The van der Waals surface area contributed by atoms with Crippen molar-refractivity contribution in [3.8, 4) is 0 Å². The molecular formula is C6H10O13S2. The number of carbonyl (C=O) groups is 2. The van der Waals surface area contributed by atoms with Crippen LogP contribution in [-0.4, -0.2) is 77.9 Å². The van der Waals surface area contributed by atoms with Crippen LogP contribution in [0.3, 0.4) is 0 Å². The van der Waals surface area contributed by atoms with Crippen molar-refractivity contribution in [2.45, 2.75) is 24.4 Å². The summed E-state index contributed by atoms with van der Waals surface area (Å²) in [5.74, 6) is -2.09. The molecule has 0 radical (unpaired) electrons. The molecule has 0 aromatic rings. The minimum Gasteiger partial charge on any atom is -0.479 e. The third-order valence-electron chi connectivity index (χ3n) is 1.84. The normalized spacial score (nSPS) is 18.5. The molecule has 21 heavy (non-hydrogen) atoms. The summed E-state index contributed by atoms with van der Waals surface area (Å²) in [5, 5.41) is 26.8. The predicted octanol–water partition coefficient (Wildman–Crippen LogP) is -3.63. The first-order chi connectivity index (χ1) is 9.28. The average Bonchev–Trinajstić information content (AvgIpc) is 2.29. The molecule has 5 N–H and O–H groups in total. The Morgan fingerprint density at radius 1 is 1.00 bits per heavy atom. The fourth-order valence-electron chi connectivity index (χ4n) is 1.07. The van der Waals surface area contributed by atoms with Crippen LogP contribution in [0.2, 0.25) is 0 Å². The number of aliphatic hydroxyl groups excluding tert-OH is 2. The Bertz CT molecular complexity index is 576. The van der Waals surface area contributed by atoms with Crippen molar-refractivity contribution in [1.82, 2.24) is 0 Å². The lowest BCUT2D eigenvalue weighted by atomic mass is 10.0. The van der Waals surface area contributed by atoms with Crippen LogP contribution >= 0.6 is 0 Å². The van der Waals surface area contributed by atoms with Gasteiger partial charge < -0.3 is 20.1 Å². The van der Waals surface area contributed by atoms with Gasteiger partial charge in [0.2, 0.25) is 0 Å². The number of carboxylic acids is 1. The van der Waals surface area contributed by atoms with E-state index in [4.69, 9.17) is 19.3 Å². The monoisotopic (exact) mass is 354 g/mol. The topological polar surface area (TPSA) is 222 Å². The van der Waals surface area contributed by atoms with Crippen LogP contribution in [0.15, 0.2) is 0 Å². The van der Waals surface area contributed by atoms with E-state index in [0.717, 1.165) is 0 Å². The third-order valence-corrected chi connectivity index (χ3v) is 2.77. The number of carbonyl (C=O) groups excluding carboxylic acids is 1. The predicted molar refractivity (Wildman–Crippen MR) is 58.6 cm³/mol. The summed E-state index contributed by atoms with van der Waals surface area (Å²) in [5.41, 5.74) is 0. The lowest BCUT2D eigenvalue weighted by Crippen LogP contribution is -2.51. The number of aldehydes is 1. The zero-order chi connectivity index (χ0) is 17.0. The van der Waals surface area contributed by atoms with Gasteiger partial charge in [-0.3, -0.25) is 9.11 Å². The van der Waals surface area contributed by atoms with Gasteiger partial charge in [0.25, 0.3) is 0 Å². The van der Waals surface area contributed by atoms with Crippen molar-refractivity contribution in [2.24, 2.45) is 0 Å². The molecule has 0 aromatic heterocycles. The largest absolute Gasteiger partial charge is 0.479 e. The maximum Gasteiger partial charge on any atom is 0.398 e. The van der Waals surface area contributed by atoms with E-state index in [0.29, 0.717) is 0 Å². The van der Waals surface area contributed by atoms with Crippen LogP contribution in [0.4, 0.5) is 0 Å². The quantitative estimate of drug-likeness (QED) is 0.199. The summed E-state index contributed by atoms with van der Waals surface area (Å²) in [6.45, 7) is 0. The first-order valence-electron chi connectivity index (χ1n) is 4.64. The summed E-state index contributed by atoms with van der Waals surface area (Å²) in [6, 6.07) is 0. The zero-order valence-electron chi connectivity index (χ0n) is 9.71. The van der Waals surface area contributed by atoms with E-state index >= 15 is 0 Å². The van der Waals surface area contributed by atoms with Gasteiger partial charge in [-0.25, -0.2) is 13.2 Å². The van der Waals surface area contributed by atoms with Gasteiger partial charge in [-0.2, -0.15) is 16.8 Å². The molecule has 13 nitrogen and oxygen atoms in total. The lowest BCUT2D eigenvalue weighted by Gasteiger charge is -2.26. The van der Waals surface area contributed by atoms with Crippen LogP contribution in [-0.2, 0) is 38.8 Å². The Kier molecular flexibility index (Phi) is 6.77. The fraction of sp³-hybridized carbons (Fsp3) is 0.667. The SMILES string of the molecule is O=C[C@H](OS(=O)(=O)O)[C@@H](OS(=O)(=O)O)[C@H](O)[C@H](O)C(=O)O. The summed E-state index contributed by atoms with van der Waals surface area (Å²) >= 11 is 0. The van der Waals surface area contributed by atoms with Gasteiger partial charge in [-0.1, -0.05) is 0 Å². The molecule has 0 saturated carbocycles. The van der Waals surface area contributed by atoms with Gasteiger partial charge in [0.1, 0.15) is 12.2 Å². The Morgan fingerprint density at radius 3 is 1.71 bits per heavy atom. The molecule has 0 aliphatic heterocycles. The van der Waals surface area contributed by atoms with Crippen molar-refractivity contribution in [2.75, 3.05) is 0 Å². The van der Waals surface area contributed by atoms with Crippen LogP contribution < -0.4 is 0 Å². The van der Waals surface area contributed by atoms with Gasteiger partial charge in [0.15, 0.2) is 18.5 Å². The molecule has 0 bridgehead atoms.